The number of carbonyl (C=O) groups is 1. The van der Waals surface area contributed by atoms with Gasteiger partial charge in [-0.1, -0.05) is 19.3 Å². The van der Waals surface area contributed by atoms with E-state index in [2.05, 4.69) is 9.55 Å². The fourth-order valence-corrected chi connectivity index (χ4v) is 3.87. The quantitative estimate of drug-likeness (QED) is 0.843. The van der Waals surface area contributed by atoms with E-state index < -0.39 is 11.4 Å². The number of rotatable bonds is 6. The van der Waals surface area contributed by atoms with Crippen LogP contribution in [0.4, 0.5) is 0 Å². The van der Waals surface area contributed by atoms with Gasteiger partial charge in [-0.3, -0.25) is 4.79 Å². The summed E-state index contributed by atoms with van der Waals surface area (Å²) in [7, 11) is 0. The Balaban J connectivity index is 1.76. The molecule has 5 heteroatoms. The maximum absolute atomic E-state index is 11.8. The van der Waals surface area contributed by atoms with Crippen LogP contribution >= 0.6 is 0 Å². The number of aromatic nitrogens is 2. The molecule has 21 heavy (non-hydrogen) atoms. The van der Waals surface area contributed by atoms with Crippen molar-refractivity contribution in [2.75, 3.05) is 6.54 Å². The zero-order chi connectivity index (χ0) is 14.9. The summed E-state index contributed by atoms with van der Waals surface area (Å²) in [6, 6.07) is 0.507. The zero-order valence-electron chi connectivity index (χ0n) is 12.5. The molecule has 0 bridgehead atoms. The third-order valence-electron chi connectivity index (χ3n) is 5.30. The average molecular weight is 291 g/mol. The Morgan fingerprint density at radius 2 is 2.19 bits per heavy atom. The molecule has 2 fully saturated rings. The summed E-state index contributed by atoms with van der Waals surface area (Å²) >= 11 is 0. The molecule has 0 saturated heterocycles. The fourth-order valence-electron chi connectivity index (χ4n) is 3.87. The van der Waals surface area contributed by atoms with Crippen LogP contribution in [0.3, 0.4) is 0 Å². The molecule has 0 aromatic carbocycles. The number of hydrogen-bond donors (Lipinski definition) is 2. The minimum Gasteiger partial charge on any atom is -0.481 e. The molecule has 1 heterocycles. The van der Waals surface area contributed by atoms with E-state index in [9.17, 15) is 9.90 Å². The van der Waals surface area contributed by atoms with Crippen LogP contribution in [-0.2, 0) is 10.2 Å². The number of hydrogen-bond acceptors (Lipinski definition) is 3. The second-order valence-electron chi connectivity index (χ2n) is 6.61. The van der Waals surface area contributed by atoms with Crippen LogP contribution < -0.4 is 5.73 Å². The lowest BCUT2D eigenvalue weighted by atomic mass is 9.95. The van der Waals surface area contributed by atoms with E-state index in [1.54, 1.807) is 0 Å². The van der Waals surface area contributed by atoms with Crippen molar-refractivity contribution >= 4 is 5.97 Å². The molecule has 1 unspecified atom stereocenters. The molecule has 3 rings (SSSR count). The van der Waals surface area contributed by atoms with Crippen molar-refractivity contribution in [2.45, 2.75) is 62.8 Å². The van der Waals surface area contributed by atoms with Crippen LogP contribution in [0.2, 0.25) is 0 Å². The molecule has 2 atom stereocenters. The number of aliphatic carboxylic acids is 1. The van der Waals surface area contributed by atoms with Gasteiger partial charge in [0, 0.05) is 12.2 Å². The first-order valence-electron chi connectivity index (χ1n) is 8.16. The number of nitrogens with zero attached hydrogens (tertiary/aromatic N) is 2. The lowest BCUT2D eigenvalue weighted by Gasteiger charge is -2.22. The minimum absolute atomic E-state index is 0.202. The number of carboxylic acid groups (broad SMARTS) is 1. The molecule has 0 spiro atoms. The highest BCUT2D eigenvalue weighted by Gasteiger charge is 2.62. The SMILES string of the molecule is NCCC[C@H]1CC1(C(=O)O)c1cn(C2CCCCC2)cn1. The summed E-state index contributed by atoms with van der Waals surface area (Å²) < 4.78 is 2.15. The Labute approximate surface area is 125 Å². The molecule has 3 N–H and O–H groups in total. The average Bonchev–Trinajstić information content (AvgIpc) is 3.03. The van der Waals surface area contributed by atoms with Crippen molar-refractivity contribution in [3.63, 3.8) is 0 Å². The summed E-state index contributed by atoms with van der Waals surface area (Å²) in [6.45, 7) is 0.628. The first-order valence-corrected chi connectivity index (χ1v) is 8.16. The van der Waals surface area contributed by atoms with Crippen LogP contribution in [0, 0.1) is 5.92 Å². The lowest BCUT2D eigenvalue weighted by Crippen LogP contribution is -2.23. The van der Waals surface area contributed by atoms with Crippen LogP contribution in [0.15, 0.2) is 12.5 Å². The molecular weight excluding hydrogens is 266 g/mol. The van der Waals surface area contributed by atoms with Crippen LogP contribution in [0.25, 0.3) is 0 Å². The molecule has 2 saturated carbocycles. The predicted octanol–water partition coefficient (Wildman–Crippen LogP) is 2.47. The van der Waals surface area contributed by atoms with Crippen LogP contribution in [0.1, 0.15) is 63.1 Å². The van der Waals surface area contributed by atoms with Crippen LogP contribution in [-0.4, -0.2) is 27.2 Å². The normalized spacial score (nSPS) is 29.5. The van der Waals surface area contributed by atoms with Gasteiger partial charge in [0.05, 0.1) is 12.0 Å². The van der Waals surface area contributed by atoms with Gasteiger partial charge in [0.2, 0.25) is 0 Å². The highest BCUT2D eigenvalue weighted by molar-refractivity contribution is 5.85. The predicted molar refractivity (Wildman–Crippen MR) is 80.1 cm³/mol. The van der Waals surface area contributed by atoms with Gasteiger partial charge in [0.1, 0.15) is 5.41 Å². The molecule has 2 aliphatic rings. The van der Waals surface area contributed by atoms with E-state index in [4.69, 9.17) is 5.73 Å². The summed E-state index contributed by atoms with van der Waals surface area (Å²) in [5, 5.41) is 9.67. The molecule has 0 aliphatic heterocycles. The number of carboxylic acids is 1. The Morgan fingerprint density at radius 1 is 1.43 bits per heavy atom. The topological polar surface area (TPSA) is 81.1 Å². The zero-order valence-corrected chi connectivity index (χ0v) is 12.5. The Kier molecular flexibility index (Phi) is 4.02. The molecule has 0 radical (unpaired) electrons. The van der Waals surface area contributed by atoms with Crippen molar-refractivity contribution in [1.82, 2.24) is 9.55 Å². The molecule has 0 amide bonds. The maximum atomic E-state index is 11.8. The van der Waals surface area contributed by atoms with Crippen molar-refractivity contribution in [3.05, 3.63) is 18.2 Å². The molecule has 1 aromatic heterocycles. The number of imidazole rings is 1. The highest BCUT2D eigenvalue weighted by atomic mass is 16.4. The second kappa shape index (κ2) is 5.79. The van der Waals surface area contributed by atoms with Crippen LogP contribution in [0.5, 0.6) is 0 Å². The molecular formula is C16H25N3O2. The minimum atomic E-state index is -0.741. The largest absolute Gasteiger partial charge is 0.481 e. The van der Waals surface area contributed by atoms with Gasteiger partial charge in [-0.05, 0) is 44.6 Å². The van der Waals surface area contributed by atoms with Crippen molar-refractivity contribution < 1.29 is 9.90 Å². The molecule has 116 valence electrons. The summed E-state index contributed by atoms with van der Waals surface area (Å²) in [4.78, 5) is 16.2. The van der Waals surface area contributed by atoms with Gasteiger partial charge >= 0.3 is 5.97 Å². The second-order valence-corrected chi connectivity index (χ2v) is 6.61. The van der Waals surface area contributed by atoms with Gasteiger partial charge in [-0.2, -0.15) is 0 Å². The van der Waals surface area contributed by atoms with E-state index in [1.807, 2.05) is 12.5 Å². The third kappa shape index (κ3) is 2.59. The van der Waals surface area contributed by atoms with Gasteiger partial charge in [0.25, 0.3) is 0 Å². The van der Waals surface area contributed by atoms with Crippen molar-refractivity contribution in [1.29, 1.82) is 0 Å². The third-order valence-corrected chi connectivity index (χ3v) is 5.30. The van der Waals surface area contributed by atoms with E-state index in [0.29, 0.717) is 19.0 Å². The van der Waals surface area contributed by atoms with Crippen molar-refractivity contribution in [2.24, 2.45) is 11.7 Å². The summed E-state index contributed by atoms with van der Waals surface area (Å²) in [6.07, 6.45) is 12.5. The Hall–Kier alpha value is -1.36. The lowest BCUT2D eigenvalue weighted by molar-refractivity contribution is -0.140. The first-order chi connectivity index (χ1) is 10.2. The molecule has 5 nitrogen and oxygen atoms in total. The molecule has 2 aliphatic carbocycles. The fraction of sp³-hybridized carbons (Fsp3) is 0.750. The van der Waals surface area contributed by atoms with E-state index in [-0.39, 0.29) is 5.92 Å². The molecule has 1 aromatic rings. The first kappa shape index (κ1) is 14.6. The van der Waals surface area contributed by atoms with Gasteiger partial charge in [-0.25, -0.2) is 4.98 Å². The van der Waals surface area contributed by atoms with E-state index in [1.165, 1.54) is 32.1 Å². The highest BCUT2D eigenvalue weighted by Crippen LogP contribution is 2.56. The van der Waals surface area contributed by atoms with E-state index >= 15 is 0 Å². The Morgan fingerprint density at radius 3 is 2.86 bits per heavy atom. The van der Waals surface area contributed by atoms with Gasteiger partial charge in [-0.15, -0.1) is 0 Å². The maximum Gasteiger partial charge on any atom is 0.316 e. The van der Waals surface area contributed by atoms with E-state index in [0.717, 1.165) is 18.5 Å². The standard InChI is InChI=1S/C16H25N3O2/c17-8-4-5-12-9-16(12,15(20)21)14-10-19(11-18-14)13-6-2-1-3-7-13/h10-13H,1-9,17H2,(H,20,21)/t12-,16?/m0/s1. The summed E-state index contributed by atoms with van der Waals surface area (Å²) in [5.74, 6) is -0.522. The van der Waals surface area contributed by atoms with Gasteiger partial charge < -0.3 is 15.4 Å². The monoisotopic (exact) mass is 291 g/mol. The Bertz CT molecular complexity index is 507. The smallest absolute Gasteiger partial charge is 0.316 e. The summed E-state index contributed by atoms with van der Waals surface area (Å²) in [5.41, 5.74) is 5.55. The van der Waals surface area contributed by atoms with Gasteiger partial charge in [0.15, 0.2) is 0 Å². The van der Waals surface area contributed by atoms with Crippen molar-refractivity contribution in [3.8, 4) is 0 Å². The number of nitrogens with two attached hydrogens (primary N) is 1.